The number of nitrogens with zero attached hydrogens (tertiary/aromatic N) is 1. The number of nitrogens with two attached hydrogens (primary N) is 1. The van der Waals surface area contributed by atoms with Gasteiger partial charge < -0.3 is 15.8 Å². The second-order valence-electron chi connectivity index (χ2n) is 4.65. The molecule has 106 valence electrons. The third-order valence-electron chi connectivity index (χ3n) is 2.52. The molecule has 0 saturated heterocycles. The van der Waals surface area contributed by atoms with Crippen molar-refractivity contribution in [3.63, 3.8) is 0 Å². The van der Waals surface area contributed by atoms with Crippen molar-refractivity contribution in [2.45, 2.75) is 20.3 Å². The summed E-state index contributed by atoms with van der Waals surface area (Å²) >= 11 is 5.72. The molecule has 6 heteroatoms. The number of nitrogen functional groups attached to an aromatic ring is 1. The van der Waals surface area contributed by atoms with Crippen molar-refractivity contribution >= 4 is 23.2 Å². The number of rotatable bonds is 7. The topological polar surface area (TPSA) is 77.2 Å². The van der Waals surface area contributed by atoms with E-state index in [1.165, 1.54) is 12.3 Å². The molecular weight excluding hydrogens is 266 g/mol. The number of aromatic nitrogens is 1. The fraction of sp³-hybridized carbons (Fsp3) is 0.538. The monoisotopic (exact) mass is 285 g/mol. The summed E-state index contributed by atoms with van der Waals surface area (Å²) in [5.41, 5.74) is 6.31. The van der Waals surface area contributed by atoms with E-state index in [-0.39, 0.29) is 11.1 Å². The zero-order chi connectivity index (χ0) is 14.3. The Morgan fingerprint density at radius 3 is 2.95 bits per heavy atom. The van der Waals surface area contributed by atoms with Crippen LogP contribution in [-0.2, 0) is 4.74 Å². The Labute approximate surface area is 118 Å². The van der Waals surface area contributed by atoms with Crippen LogP contribution in [0.4, 0.5) is 5.69 Å². The highest BCUT2D eigenvalue weighted by Crippen LogP contribution is 2.14. The molecule has 0 radical (unpaired) electrons. The van der Waals surface area contributed by atoms with Crippen LogP contribution in [0.1, 0.15) is 30.6 Å². The average molecular weight is 286 g/mol. The zero-order valence-electron chi connectivity index (χ0n) is 11.3. The van der Waals surface area contributed by atoms with E-state index in [2.05, 4.69) is 24.1 Å². The lowest BCUT2D eigenvalue weighted by molar-refractivity contribution is 0.0906. The molecule has 0 aliphatic carbocycles. The van der Waals surface area contributed by atoms with E-state index >= 15 is 0 Å². The molecule has 1 amide bonds. The molecule has 1 aromatic heterocycles. The molecule has 0 fully saturated rings. The minimum absolute atomic E-state index is 0.243. The van der Waals surface area contributed by atoms with Gasteiger partial charge in [-0.05, 0) is 18.4 Å². The van der Waals surface area contributed by atoms with Gasteiger partial charge in [0.1, 0.15) is 5.15 Å². The van der Waals surface area contributed by atoms with Crippen LogP contribution in [0.25, 0.3) is 0 Å². The molecule has 3 N–H and O–H groups in total. The van der Waals surface area contributed by atoms with Gasteiger partial charge in [-0.3, -0.25) is 4.79 Å². The van der Waals surface area contributed by atoms with Gasteiger partial charge in [0.15, 0.2) is 0 Å². The summed E-state index contributed by atoms with van der Waals surface area (Å²) in [5, 5.41) is 2.97. The minimum atomic E-state index is -0.269. The van der Waals surface area contributed by atoms with E-state index in [9.17, 15) is 4.79 Å². The van der Waals surface area contributed by atoms with Crippen molar-refractivity contribution < 1.29 is 9.53 Å². The van der Waals surface area contributed by atoms with Gasteiger partial charge in [0.05, 0.1) is 24.1 Å². The standard InChI is InChI=1S/C13H20ClN3O2/c1-9(2)3-5-19-6-4-16-13(18)10-7-12(14)17-8-11(10)15/h7-9H,3-6,15H2,1-2H3,(H,16,18). The lowest BCUT2D eigenvalue weighted by Gasteiger charge is -2.09. The molecule has 1 aromatic rings. The summed E-state index contributed by atoms with van der Waals surface area (Å²) in [4.78, 5) is 15.6. The Kier molecular flexibility index (Phi) is 6.59. The average Bonchev–Trinajstić information content (AvgIpc) is 2.36. The Morgan fingerprint density at radius 2 is 2.26 bits per heavy atom. The van der Waals surface area contributed by atoms with Crippen molar-refractivity contribution in [2.24, 2.45) is 5.92 Å². The van der Waals surface area contributed by atoms with Crippen LogP contribution < -0.4 is 11.1 Å². The van der Waals surface area contributed by atoms with Crippen LogP contribution in [0.15, 0.2) is 12.3 Å². The lowest BCUT2D eigenvalue weighted by Crippen LogP contribution is -2.28. The first-order chi connectivity index (χ1) is 9.00. The molecule has 0 aliphatic rings. The molecule has 19 heavy (non-hydrogen) atoms. The number of hydrogen-bond donors (Lipinski definition) is 2. The normalized spacial score (nSPS) is 10.7. The summed E-state index contributed by atoms with van der Waals surface area (Å²) in [6, 6.07) is 1.45. The Balaban J connectivity index is 2.29. The van der Waals surface area contributed by atoms with Crippen LogP contribution in [0.5, 0.6) is 0 Å². The first kappa shape index (κ1) is 15.7. The highest BCUT2D eigenvalue weighted by Gasteiger charge is 2.10. The molecule has 0 aromatic carbocycles. The van der Waals surface area contributed by atoms with Crippen molar-refractivity contribution in [1.29, 1.82) is 0 Å². The summed E-state index contributed by atoms with van der Waals surface area (Å²) in [6.45, 7) is 5.91. The van der Waals surface area contributed by atoms with E-state index in [0.29, 0.717) is 36.9 Å². The van der Waals surface area contributed by atoms with Crippen molar-refractivity contribution in [1.82, 2.24) is 10.3 Å². The third kappa shape index (κ3) is 5.89. The predicted molar refractivity (Wildman–Crippen MR) is 76.3 cm³/mol. The quantitative estimate of drug-likeness (QED) is 0.594. The smallest absolute Gasteiger partial charge is 0.253 e. The Hall–Kier alpha value is -1.33. The fourth-order valence-electron chi connectivity index (χ4n) is 1.39. The van der Waals surface area contributed by atoms with Gasteiger partial charge in [-0.2, -0.15) is 0 Å². The molecule has 5 nitrogen and oxygen atoms in total. The SMILES string of the molecule is CC(C)CCOCCNC(=O)c1cc(Cl)ncc1N. The zero-order valence-corrected chi connectivity index (χ0v) is 12.0. The second-order valence-corrected chi connectivity index (χ2v) is 5.03. The van der Waals surface area contributed by atoms with Gasteiger partial charge in [-0.15, -0.1) is 0 Å². The number of ether oxygens (including phenoxy) is 1. The first-order valence-corrected chi connectivity index (χ1v) is 6.65. The van der Waals surface area contributed by atoms with Crippen molar-refractivity contribution in [3.05, 3.63) is 23.0 Å². The molecule has 0 spiro atoms. The Bertz CT molecular complexity index is 424. The number of carbonyl (C=O) groups is 1. The van der Waals surface area contributed by atoms with E-state index in [0.717, 1.165) is 6.42 Å². The third-order valence-corrected chi connectivity index (χ3v) is 2.72. The van der Waals surface area contributed by atoms with Gasteiger partial charge in [-0.1, -0.05) is 25.4 Å². The summed E-state index contributed by atoms with van der Waals surface area (Å²) in [5.74, 6) is 0.350. The van der Waals surface area contributed by atoms with Crippen molar-refractivity contribution in [3.8, 4) is 0 Å². The van der Waals surface area contributed by atoms with Gasteiger partial charge >= 0.3 is 0 Å². The molecule has 0 aliphatic heterocycles. The van der Waals surface area contributed by atoms with E-state index in [1.54, 1.807) is 0 Å². The number of nitrogens with one attached hydrogen (secondary N) is 1. The van der Waals surface area contributed by atoms with Crippen LogP contribution in [0.3, 0.4) is 0 Å². The molecule has 1 rings (SSSR count). The number of pyridine rings is 1. The van der Waals surface area contributed by atoms with E-state index in [1.807, 2.05) is 0 Å². The first-order valence-electron chi connectivity index (χ1n) is 6.27. The summed E-state index contributed by atoms with van der Waals surface area (Å²) < 4.78 is 5.40. The molecule has 0 saturated carbocycles. The lowest BCUT2D eigenvalue weighted by atomic mass is 10.1. The molecule has 0 unspecified atom stereocenters. The highest BCUT2D eigenvalue weighted by atomic mass is 35.5. The van der Waals surface area contributed by atoms with Crippen LogP contribution in [0.2, 0.25) is 5.15 Å². The van der Waals surface area contributed by atoms with Gasteiger partial charge in [0.25, 0.3) is 5.91 Å². The maximum Gasteiger partial charge on any atom is 0.253 e. The van der Waals surface area contributed by atoms with Crippen LogP contribution in [0, 0.1) is 5.92 Å². The van der Waals surface area contributed by atoms with Crippen molar-refractivity contribution in [2.75, 3.05) is 25.5 Å². The maximum atomic E-state index is 11.8. The highest BCUT2D eigenvalue weighted by molar-refractivity contribution is 6.29. The second kappa shape index (κ2) is 7.96. The summed E-state index contributed by atoms with van der Waals surface area (Å²) in [6.07, 6.45) is 2.39. The minimum Gasteiger partial charge on any atom is -0.397 e. The molecule has 1 heterocycles. The number of carbonyl (C=O) groups excluding carboxylic acids is 1. The number of anilines is 1. The summed E-state index contributed by atoms with van der Waals surface area (Å²) in [7, 11) is 0. The molecular formula is C13H20ClN3O2. The molecule has 0 atom stereocenters. The number of hydrogen-bond acceptors (Lipinski definition) is 4. The fourth-order valence-corrected chi connectivity index (χ4v) is 1.55. The van der Waals surface area contributed by atoms with Gasteiger partial charge in [-0.25, -0.2) is 4.98 Å². The van der Waals surface area contributed by atoms with E-state index < -0.39 is 0 Å². The maximum absolute atomic E-state index is 11.8. The van der Waals surface area contributed by atoms with Gasteiger partial charge in [0.2, 0.25) is 0 Å². The molecule has 0 bridgehead atoms. The number of amides is 1. The Morgan fingerprint density at radius 1 is 1.53 bits per heavy atom. The predicted octanol–water partition coefficient (Wildman–Crippen LogP) is 2.11. The van der Waals surface area contributed by atoms with Crippen LogP contribution >= 0.6 is 11.6 Å². The van der Waals surface area contributed by atoms with Crippen LogP contribution in [-0.4, -0.2) is 30.6 Å². The van der Waals surface area contributed by atoms with E-state index in [4.69, 9.17) is 22.1 Å². The number of halogens is 1. The van der Waals surface area contributed by atoms with Gasteiger partial charge in [0, 0.05) is 13.2 Å². The largest absolute Gasteiger partial charge is 0.397 e.